The molecule has 6 nitrogen and oxygen atoms in total. The molecule has 1 unspecified atom stereocenters. The molecular weight excluding hydrogens is 326 g/mol. The molecule has 6 heteroatoms. The molecule has 3 aromatic rings. The second-order valence-electron chi connectivity index (χ2n) is 7.44. The average molecular weight is 349 g/mol. The van der Waals surface area contributed by atoms with Gasteiger partial charge in [0.25, 0.3) is 0 Å². The predicted octanol–water partition coefficient (Wildman–Crippen LogP) is 2.23. The highest BCUT2D eigenvalue weighted by molar-refractivity contribution is 5.85. The standard InChI is InChI=1S/C20H23N5O/c1-23-13-22-18-12-24(10-14-4-2-5-17-15(14)6-7-21-17)11-16(19(18)23)20(26)25-8-3-9-25/h2,4-7,13,16,21H,3,8-12H2,1H3. The zero-order chi connectivity index (χ0) is 17.7. The largest absolute Gasteiger partial charge is 0.361 e. The van der Waals surface area contributed by atoms with Crippen LogP contribution in [-0.4, -0.2) is 49.9 Å². The number of rotatable bonds is 3. The third-order valence-corrected chi connectivity index (χ3v) is 5.75. The molecule has 2 aromatic heterocycles. The van der Waals surface area contributed by atoms with E-state index >= 15 is 0 Å². The van der Waals surface area contributed by atoms with E-state index in [0.29, 0.717) is 0 Å². The van der Waals surface area contributed by atoms with Crippen LogP contribution in [-0.2, 0) is 24.9 Å². The van der Waals surface area contributed by atoms with E-state index in [2.05, 4.69) is 39.1 Å². The highest BCUT2D eigenvalue weighted by atomic mass is 16.2. The molecule has 5 rings (SSSR count). The molecule has 134 valence electrons. The number of imidazole rings is 1. The molecule has 1 amide bonds. The molecule has 0 radical (unpaired) electrons. The topological polar surface area (TPSA) is 57.2 Å². The molecule has 1 aromatic carbocycles. The molecule has 1 N–H and O–H groups in total. The molecule has 2 aliphatic heterocycles. The molecule has 1 fully saturated rings. The maximum Gasteiger partial charge on any atom is 0.233 e. The second kappa shape index (κ2) is 5.99. The molecule has 1 atom stereocenters. The number of nitrogens with one attached hydrogen (secondary N) is 1. The average Bonchev–Trinajstić information content (AvgIpc) is 3.20. The summed E-state index contributed by atoms with van der Waals surface area (Å²) in [5.74, 6) is 0.141. The third-order valence-electron chi connectivity index (χ3n) is 5.75. The smallest absolute Gasteiger partial charge is 0.233 e. The minimum atomic E-state index is -0.114. The van der Waals surface area contributed by atoms with Crippen LogP contribution in [0.5, 0.6) is 0 Å². The summed E-state index contributed by atoms with van der Waals surface area (Å²) in [7, 11) is 2.00. The van der Waals surface area contributed by atoms with E-state index in [-0.39, 0.29) is 11.8 Å². The van der Waals surface area contributed by atoms with Crippen molar-refractivity contribution in [2.75, 3.05) is 19.6 Å². The van der Waals surface area contributed by atoms with Gasteiger partial charge in [0.2, 0.25) is 5.91 Å². The SMILES string of the molecule is Cn1cnc2c1C(C(=O)N1CCC1)CN(Cc1cccc3[nH]ccc13)C2. The van der Waals surface area contributed by atoms with Crippen LogP contribution in [0.15, 0.2) is 36.8 Å². The van der Waals surface area contributed by atoms with Crippen molar-refractivity contribution in [3.63, 3.8) is 0 Å². The summed E-state index contributed by atoms with van der Waals surface area (Å²) in [6.07, 6.45) is 4.95. The van der Waals surface area contributed by atoms with E-state index in [4.69, 9.17) is 0 Å². The van der Waals surface area contributed by atoms with Gasteiger partial charge in [-0.25, -0.2) is 4.98 Å². The second-order valence-corrected chi connectivity index (χ2v) is 7.44. The summed E-state index contributed by atoms with van der Waals surface area (Å²) < 4.78 is 2.03. The first-order valence-electron chi connectivity index (χ1n) is 9.27. The lowest BCUT2D eigenvalue weighted by Gasteiger charge is -2.38. The first-order valence-corrected chi connectivity index (χ1v) is 9.27. The minimum absolute atomic E-state index is 0.114. The number of aromatic nitrogens is 3. The molecule has 0 spiro atoms. The zero-order valence-corrected chi connectivity index (χ0v) is 15.0. The van der Waals surface area contributed by atoms with Gasteiger partial charge in [0.1, 0.15) is 0 Å². The Morgan fingerprint density at radius 3 is 3.00 bits per heavy atom. The number of hydrogen-bond acceptors (Lipinski definition) is 3. The number of nitrogens with zero attached hydrogens (tertiary/aromatic N) is 4. The Morgan fingerprint density at radius 2 is 2.19 bits per heavy atom. The highest BCUT2D eigenvalue weighted by Gasteiger charge is 2.37. The lowest BCUT2D eigenvalue weighted by atomic mass is 9.94. The Bertz CT molecular complexity index is 968. The van der Waals surface area contributed by atoms with Gasteiger partial charge in [-0.1, -0.05) is 12.1 Å². The Hall–Kier alpha value is -2.60. The number of likely N-dealkylation sites (tertiary alicyclic amines) is 1. The van der Waals surface area contributed by atoms with Crippen LogP contribution in [0, 0.1) is 0 Å². The molecule has 0 saturated carbocycles. The normalized spacial score (nSPS) is 20.2. The summed E-state index contributed by atoms with van der Waals surface area (Å²) in [6, 6.07) is 8.50. The van der Waals surface area contributed by atoms with Gasteiger partial charge in [-0.15, -0.1) is 0 Å². The van der Waals surface area contributed by atoms with E-state index in [9.17, 15) is 4.79 Å². The third kappa shape index (κ3) is 2.44. The van der Waals surface area contributed by atoms with E-state index in [0.717, 1.165) is 56.0 Å². The number of carbonyl (C=O) groups is 1. The molecule has 0 aliphatic carbocycles. The Kier molecular flexibility index (Phi) is 3.60. The monoisotopic (exact) mass is 349 g/mol. The molecular formula is C20H23N5O. The van der Waals surface area contributed by atoms with Crippen molar-refractivity contribution in [2.45, 2.75) is 25.4 Å². The van der Waals surface area contributed by atoms with E-state index in [1.807, 2.05) is 29.0 Å². The lowest BCUT2D eigenvalue weighted by Crippen LogP contribution is -2.48. The van der Waals surface area contributed by atoms with Gasteiger partial charge in [0.05, 0.1) is 23.6 Å². The van der Waals surface area contributed by atoms with Crippen molar-refractivity contribution >= 4 is 16.8 Å². The first-order chi connectivity index (χ1) is 12.7. The number of fused-ring (bicyclic) bond motifs is 2. The number of aromatic amines is 1. The van der Waals surface area contributed by atoms with Crippen LogP contribution in [0.3, 0.4) is 0 Å². The van der Waals surface area contributed by atoms with Gasteiger partial charge in [0, 0.05) is 56.9 Å². The Morgan fingerprint density at radius 1 is 1.31 bits per heavy atom. The lowest BCUT2D eigenvalue weighted by molar-refractivity contribution is -0.137. The van der Waals surface area contributed by atoms with E-state index in [1.54, 1.807) is 0 Å². The number of H-pyrrole nitrogens is 1. The number of carbonyl (C=O) groups excluding carboxylic acids is 1. The number of aryl methyl sites for hydroxylation is 1. The zero-order valence-electron chi connectivity index (χ0n) is 15.0. The summed E-state index contributed by atoms with van der Waals surface area (Å²) in [6.45, 7) is 4.16. The van der Waals surface area contributed by atoms with E-state index in [1.165, 1.54) is 10.9 Å². The van der Waals surface area contributed by atoms with Crippen molar-refractivity contribution in [1.29, 1.82) is 0 Å². The maximum absolute atomic E-state index is 13.0. The number of amides is 1. The fourth-order valence-corrected chi connectivity index (χ4v) is 4.28. The summed E-state index contributed by atoms with van der Waals surface area (Å²) in [4.78, 5) is 25.2. The predicted molar refractivity (Wildman–Crippen MR) is 99.6 cm³/mol. The molecule has 4 heterocycles. The van der Waals surface area contributed by atoms with Crippen LogP contribution in [0.25, 0.3) is 10.9 Å². The van der Waals surface area contributed by atoms with Crippen molar-refractivity contribution in [1.82, 2.24) is 24.3 Å². The van der Waals surface area contributed by atoms with Gasteiger partial charge in [0.15, 0.2) is 0 Å². The van der Waals surface area contributed by atoms with E-state index < -0.39 is 0 Å². The van der Waals surface area contributed by atoms with Gasteiger partial charge in [-0.3, -0.25) is 9.69 Å². The maximum atomic E-state index is 13.0. The molecule has 0 bridgehead atoms. The van der Waals surface area contributed by atoms with Crippen LogP contribution >= 0.6 is 0 Å². The summed E-state index contributed by atoms with van der Waals surface area (Å²) >= 11 is 0. The highest BCUT2D eigenvalue weighted by Crippen LogP contribution is 2.31. The van der Waals surface area contributed by atoms with Crippen LogP contribution < -0.4 is 0 Å². The van der Waals surface area contributed by atoms with Crippen LogP contribution in [0.1, 0.15) is 29.3 Å². The van der Waals surface area contributed by atoms with Gasteiger partial charge >= 0.3 is 0 Å². The summed E-state index contributed by atoms with van der Waals surface area (Å²) in [5, 5.41) is 1.25. The van der Waals surface area contributed by atoms with Crippen molar-refractivity contribution in [2.24, 2.45) is 7.05 Å². The molecule has 26 heavy (non-hydrogen) atoms. The van der Waals surface area contributed by atoms with Crippen molar-refractivity contribution in [3.05, 3.63) is 53.7 Å². The van der Waals surface area contributed by atoms with Crippen LogP contribution in [0.4, 0.5) is 0 Å². The van der Waals surface area contributed by atoms with Gasteiger partial charge in [-0.2, -0.15) is 0 Å². The van der Waals surface area contributed by atoms with Gasteiger partial charge < -0.3 is 14.5 Å². The quantitative estimate of drug-likeness (QED) is 0.789. The van der Waals surface area contributed by atoms with Crippen molar-refractivity contribution < 1.29 is 4.79 Å². The molecule has 1 saturated heterocycles. The minimum Gasteiger partial charge on any atom is -0.361 e. The first kappa shape index (κ1) is 15.6. The fourth-order valence-electron chi connectivity index (χ4n) is 4.28. The summed E-state index contributed by atoms with van der Waals surface area (Å²) in [5.41, 5.74) is 4.58. The Balaban J connectivity index is 1.45. The number of benzene rings is 1. The van der Waals surface area contributed by atoms with Crippen LogP contribution in [0.2, 0.25) is 0 Å². The van der Waals surface area contributed by atoms with Gasteiger partial charge in [-0.05, 0) is 24.1 Å². The fraction of sp³-hybridized carbons (Fsp3) is 0.400. The number of hydrogen-bond donors (Lipinski definition) is 1. The van der Waals surface area contributed by atoms with Crippen molar-refractivity contribution in [3.8, 4) is 0 Å². The molecule has 2 aliphatic rings. The Labute approximate surface area is 152 Å².